The molecule has 1 unspecified atom stereocenters. The molecule has 7 nitrogen and oxygen atoms in total. The van der Waals surface area contributed by atoms with Crippen molar-refractivity contribution in [2.75, 3.05) is 26.3 Å². The third-order valence-corrected chi connectivity index (χ3v) is 5.99. The zero-order chi connectivity index (χ0) is 18.5. The van der Waals surface area contributed by atoms with Gasteiger partial charge in [-0.2, -0.15) is 0 Å². The van der Waals surface area contributed by atoms with Crippen LogP contribution < -0.4 is 0 Å². The van der Waals surface area contributed by atoms with E-state index >= 15 is 0 Å². The van der Waals surface area contributed by atoms with Gasteiger partial charge in [-0.1, -0.05) is 25.7 Å². The lowest BCUT2D eigenvalue weighted by molar-refractivity contribution is -0.149. The second-order valence-corrected chi connectivity index (χ2v) is 7.80. The number of rotatable bonds is 5. The summed E-state index contributed by atoms with van der Waals surface area (Å²) in [5.41, 5.74) is 0. The van der Waals surface area contributed by atoms with E-state index in [0.717, 1.165) is 25.7 Å². The fourth-order valence-electron chi connectivity index (χ4n) is 4.58. The molecule has 26 heavy (non-hydrogen) atoms. The number of likely N-dealkylation sites (tertiary alicyclic amines) is 1. The molecule has 2 saturated heterocycles. The van der Waals surface area contributed by atoms with Gasteiger partial charge in [0.1, 0.15) is 6.54 Å². The predicted octanol–water partition coefficient (Wildman–Crippen LogP) is 1.65. The molecule has 7 heteroatoms. The largest absolute Gasteiger partial charge is 0.480 e. The maximum Gasteiger partial charge on any atom is 0.323 e. The fraction of sp³-hybridized carbons (Fsp3) is 0.842. The summed E-state index contributed by atoms with van der Waals surface area (Å²) < 4.78 is 5.34. The van der Waals surface area contributed by atoms with Crippen LogP contribution in [0.3, 0.4) is 0 Å². The van der Waals surface area contributed by atoms with Gasteiger partial charge in [0.15, 0.2) is 0 Å². The highest BCUT2D eigenvalue weighted by atomic mass is 16.5. The first-order valence-corrected chi connectivity index (χ1v) is 9.95. The van der Waals surface area contributed by atoms with Crippen LogP contribution in [0.5, 0.6) is 0 Å². The summed E-state index contributed by atoms with van der Waals surface area (Å²) in [5, 5.41) is 9.24. The van der Waals surface area contributed by atoms with Gasteiger partial charge in [-0.25, -0.2) is 0 Å². The lowest BCUT2D eigenvalue weighted by atomic mass is 10.0. The number of nitrogens with zero attached hydrogens (tertiary/aromatic N) is 2. The van der Waals surface area contributed by atoms with Crippen LogP contribution in [0.2, 0.25) is 0 Å². The Hall–Kier alpha value is -1.63. The van der Waals surface area contributed by atoms with E-state index in [1.54, 1.807) is 0 Å². The summed E-state index contributed by atoms with van der Waals surface area (Å²) in [6, 6.07) is 0.146. The van der Waals surface area contributed by atoms with E-state index in [9.17, 15) is 19.5 Å². The molecule has 0 spiro atoms. The molecule has 0 aromatic carbocycles. The molecule has 1 atom stereocenters. The Morgan fingerprint density at radius 1 is 1.08 bits per heavy atom. The van der Waals surface area contributed by atoms with Gasteiger partial charge in [0, 0.05) is 38.3 Å². The van der Waals surface area contributed by atoms with Crippen LogP contribution in [0.4, 0.5) is 0 Å². The van der Waals surface area contributed by atoms with Crippen LogP contribution in [-0.2, 0) is 19.1 Å². The third kappa shape index (κ3) is 4.55. The van der Waals surface area contributed by atoms with Gasteiger partial charge < -0.3 is 19.6 Å². The minimum atomic E-state index is -1.00. The second-order valence-electron chi connectivity index (χ2n) is 7.80. The number of amides is 2. The number of carbonyl (C=O) groups excluding carboxylic acids is 2. The molecule has 2 aliphatic heterocycles. The molecule has 3 rings (SSSR count). The summed E-state index contributed by atoms with van der Waals surface area (Å²) in [4.78, 5) is 40.3. The highest BCUT2D eigenvalue weighted by molar-refractivity contribution is 5.91. The Kier molecular flexibility index (Phi) is 6.51. The average molecular weight is 366 g/mol. The van der Waals surface area contributed by atoms with Gasteiger partial charge in [0.25, 0.3) is 0 Å². The molecular weight excluding hydrogens is 336 g/mol. The second kappa shape index (κ2) is 8.84. The Bertz CT molecular complexity index is 524. The zero-order valence-electron chi connectivity index (χ0n) is 15.4. The first-order valence-electron chi connectivity index (χ1n) is 9.95. The standard InChI is InChI=1S/C19H30N2O5/c22-17-11-14(12-20(17)15-5-3-1-2-4-6-15)19(25)21(13-18(23)24)16-7-9-26-10-8-16/h14-16H,1-13H2,(H,23,24). The summed E-state index contributed by atoms with van der Waals surface area (Å²) in [6.07, 6.45) is 8.29. The van der Waals surface area contributed by atoms with Crippen LogP contribution in [0.1, 0.15) is 57.8 Å². The topological polar surface area (TPSA) is 87.2 Å². The molecule has 0 bridgehead atoms. The molecule has 3 aliphatic rings. The number of carboxylic acid groups (broad SMARTS) is 1. The van der Waals surface area contributed by atoms with E-state index in [4.69, 9.17) is 4.74 Å². The van der Waals surface area contributed by atoms with Crippen LogP contribution in [0.15, 0.2) is 0 Å². The summed E-state index contributed by atoms with van der Waals surface area (Å²) in [5.74, 6) is -1.54. The Morgan fingerprint density at radius 2 is 1.73 bits per heavy atom. The maximum atomic E-state index is 13.1. The van der Waals surface area contributed by atoms with Gasteiger partial charge in [0.2, 0.25) is 11.8 Å². The van der Waals surface area contributed by atoms with Crippen molar-refractivity contribution in [1.29, 1.82) is 0 Å². The predicted molar refractivity (Wildman–Crippen MR) is 94.5 cm³/mol. The Morgan fingerprint density at radius 3 is 2.35 bits per heavy atom. The van der Waals surface area contributed by atoms with Crippen LogP contribution in [-0.4, -0.2) is 71.1 Å². The normalized spacial score (nSPS) is 25.9. The molecule has 0 aromatic rings. The van der Waals surface area contributed by atoms with E-state index in [2.05, 4.69) is 0 Å². The molecular formula is C19H30N2O5. The Balaban J connectivity index is 1.66. The van der Waals surface area contributed by atoms with E-state index in [0.29, 0.717) is 32.6 Å². The average Bonchev–Trinajstić information content (AvgIpc) is 2.84. The monoisotopic (exact) mass is 366 g/mol. The van der Waals surface area contributed by atoms with E-state index in [-0.39, 0.29) is 36.9 Å². The van der Waals surface area contributed by atoms with E-state index in [1.165, 1.54) is 17.7 Å². The minimum absolute atomic E-state index is 0.0532. The van der Waals surface area contributed by atoms with E-state index < -0.39 is 11.9 Å². The lowest BCUT2D eigenvalue weighted by Crippen LogP contribution is -2.49. The first kappa shape index (κ1) is 19.1. The number of hydrogen-bond donors (Lipinski definition) is 1. The maximum absolute atomic E-state index is 13.1. The van der Waals surface area contributed by atoms with Crippen molar-refractivity contribution in [2.45, 2.75) is 69.9 Å². The van der Waals surface area contributed by atoms with Crippen molar-refractivity contribution in [1.82, 2.24) is 9.80 Å². The van der Waals surface area contributed by atoms with Gasteiger partial charge >= 0.3 is 5.97 Å². The SMILES string of the molecule is O=C(O)CN(C(=O)C1CC(=O)N(C2CCCCCC2)C1)C1CCOCC1. The molecule has 1 saturated carbocycles. The summed E-state index contributed by atoms with van der Waals surface area (Å²) in [7, 11) is 0. The summed E-state index contributed by atoms with van der Waals surface area (Å²) in [6.45, 7) is 1.25. The molecule has 2 amide bonds. The van der Waals surface area contributed by atoms with Gasteiger partial charge in [0.05, 0.1) is 5.92 Å². The van der Waals surface area contributed by atoms with E-state index in [1.807, 2.05) is 4.90 Å². The number of carboxylic acids is 1. The van der Waals surface area contributed by atoms with Crippen LogP contribution in [0, 0.1) is 5.92 Å². The van der Waals surface area contributed by atoms with Crippen molar-refractivity contribution in [3.05, 3.63) is 0 Å². The zero-order valence-corrected chi connectivity index (χ0v) is 15.4. The van der Waals surface area contributed by atoms with Crippen molar-refractivity contribution in [2.24, 2.45) is 5.92 Å². The Labute approximate surface area is 154 Å². The van der Waals surface area contributed by atoms with Crippen molar-refractivity contribution >= 4 is 17.8 Å². The molecule has 0 radical (unpaired) electrons. The smallest absolute Gasteiger partial charge is 0.323 e. The van der Waals surface area contributed by atoms with Crippen LogP contribution >= 0.6 is 0 Å². The van der Waals surface area contributed by atoms with Crippen molar-refractivity contribution in [3.8, 4) is 0 Å². The highest BCUT2D eigenvalue weighted by Gasteiger charge is 2.41. The molecule has 1 aliphatic carbocycles. The molecule has 1 N–H and O–H groups in total. The number of hydrogen-bond acceptors (Lipinski definition) is 4. The molecule has 0 aromatic heterocycles. The molecule has 3 fully saturated rings. The van der Waals surface area contributed by atoms with Gasteiger partial charge in [-0.05, 0) is 25.7 Å². The quantitative estimate of drug-likeness (QED) is 0.748. The molecule has 2 heterocycles. The molecule has 146 valence electrons. The van der Waals surface area contributed by atoms with Gasteiger partial charge in [-0.3, -0.25) is 14.4 Å². The first-order chi connectivity index (χ1) is 12.6. The highest BCUT2D eigenvalue weighted by Crippen LogP contribution is 2.30. The number of ether oxygens (including phenoxy) is 1. The number of aliphatic carboxylic acids is 1. The minimum Gasteiger partial charge on any atom is -0.480 e. The fourth-order valence-corrected chi connectivity index (χ4v) is 4.58. The summed E-state index contributed by atoms with van der Waals surface area (Å²) >= 11 is 0. The lowest BCUT2D eigenvalue weighted by Gasteiger charge is -2.35. The third-order valence-electron chi connectivity index (χ3n) is 5.99. The van der Waals surface area contributed by atoms with Gasteiger partial charge in [-0.15, -0.1) is 0 Å². The van der Waals surface area contributed by atoms with Crippen molar-refractivity contribution < 1.29 is 24.2 Å². The van der Waals surface area contributed by atoms with Crippen molar-refractivity contribution in [3.63, 3.8) is 0 Å². The van der Waals surface area contributed by atoms with Crippen LogP contribution in [0.25, 0.3) is 0 Å². The number of carbonyl (C=O) groups is 3.